The average molecular weight is 247 g/mol. The van der Waals surface area contributed by atoms with Crippen LogP contribution in [0.1, 0.15) is 17.2 Å². The monoisotopic (exact) mass is 247 g/mol. The number of esters is 1. The molecule has 1 N–H and O–H groups in total. The van der Waals surface area contributed by atoms with Crippen molar-refractivity contribution in [2.45, 2.75) is 12.6 Å². The Kier molecular flexibility index (Phi) is 3.32. The normalized spacial score (nSPS) is 17.8. The van der Waals surface area contributed by atoms with Crippen molar-refractivity contribution in [3.63, 3.8) is 0 Å². The maximum Gasteiger partial charge on any atom is 0.408 e. The zero-order valence-electron chi connectivity index (χ0n) is 9.87. The van der Waals surface area contributed by atoms with Crippen LogP contribution in [0.3, 0.4) is 0 Å². The summed E-state index contributed by atoms with van der Waals surface area (Å²) in [6, 6.07) is 7.04. The molecule has 2 rings (SSSR count). The van der Waals surface area contributed by atoms with Crippen molar-refractivity contribution in [1.29, 1.82) is 0 Å². The molecule has 0 saturated heterocycles. The molecular weight excluding hydrogens is 234 g/mol. The molecule has 5 heteroatoms. The largest absolute Gasteiger partial charge is 0.466 e. The van der Waals surface area contributed by atoms with Gasteiger partial charge in [-0.2, -0.15) is 0 Å². The van der Waals surface area contributed by atoms with E-state index in [1.807, 2.05) is 24.3 Å². The second-order valence-electron chi connectivity index (χ2n) is 3.94. The first-order chi connectivity index (χ1) is 8.63. The lowest BCUT2D eigenvalue weighted by atomic mass is 10.0. The summed E-state index contributed by atoms with van der Waals surface area (Å²) in [6.45, 7) is 0.335. The number of methoxy groups -OCH3 is 1. The van der Waals surface area contributed by atoms with Crippen LogP contribution in [0.25, 0.3) is 0 Å². The van der Waals surface area contributed by atoms with E-state index in [0.717, 1.165) is 11.1 Å². The highest BCUT2D eigenvalue weighted by Gasteiger charge is 2.31. The first kappa shape index (κ1) is 12.2. The minimum absolute atomic E-state index is 0.335. The Morgan fingerprint density at radius 3 is 2.83 bits per heavy atom. The molecular formula is C13H13NO4. The Bertz CT molecular complexity index is 509. The van der Waals surface area contributed by atoms with Crippen LogP contribution in [0.15, 0.2) is 36.4 Å². The van der Waals surface area contributed by atoms with Crippen molar-refractivity contribution in [3.05, 3.63) is 47.5 Å². The molecule has 5 nitrogen and oxygen atoms in total. The van der Waals surface area contributed by atoms with Crippen LogP contribution in [0.4, 0.5) is 4.79 Å². The molecule has 1 aliphatic heterocycles. The van der Waals surface area contributed by atoms with Crippen LogP contribution in [0.5, 0.6) is 0 Å². The van der Waals surface area contributed by atoms with E-state index in [0.29, 0.717) is 6.54 Å². The molecule has 0 spiro atoms. The minimum atomic E-state index is -1.01. The van der Waals surface area contributed by atoms with Crippen LogP contribution in [-0.4, -0.2) is 29.2 Å². The third kappa shape index (κ3) is 2.20. The summed E-state index contributed by atoms with van der Waals surface area (Å²) in [4.78, 5) is 23.5. The molecule has 0 bridgehead atoms. The standard InChI is InChI=1S/C13H13NO4/c1-18-12(15)7-6-11-10-5-3-2-4-9(10)8-14(11)13(16)17/h2-7,11H,8H2,1H3,(H,16,17). The lowest BCUT2D eigenvalue weighted by molar-refractivity contribution is -0.134. The number of carbonyl (C=O) groups excluding carboxylic acids is 1. The second kappa shape index (κ2) is 4.91. The molecule has 1 unspecified atom stereocenters. The van der Waals surface area contributed by atoms with Gasteiger partial charge in [0, 0.05) is 6.08 Å². The van der Waals surface area contributed by atoms with Crippen LogP contribution in [-0.2, 0) is 16.1 Å². The van der Waals surface area contributed by atoms with E-state index in [1.165, 1.54) is 18.1 Å². The number of hydrogen-bond donors (Lipinski definition) is 1. The molecule has 0 aromatic heterocycles. The maximum atomic E-state index is 11.2. The predicted molar refractivity (Wildman–Crippen MR) is 63.9 cm³/mol. The lowest BCUT2D eigenvalue weighted by Gasteiger charge is -2.18. The number of amides is 1. The van der Waals surface area contributed by atoms with E-state index >= 15 is 0 Å². The zero-order valence-corrected chi connectivity index (χ0v) is 9.87. The van der Waals surface area contributed by atoms with Gasteiger partial charge in [-0.25, -0.2) is 9.59 Å². The van der Waals surface area contributed by atoms with Gasteiger partial charge in [0.05, 0.1) is 19.7 Å². The van der Waals surface area contributed by atoms with Gasteiger partial charge in [0.15, 0.2) is 0 Å². The smallest absolute Gasteiger partial charge is 0.408 e. The maximum absolute atomic E-state index is 11.2. The Balaban J connectivity index is 2.31. The quantitative estimate of drug-likeness (QED) is 0.640. The SMILES string of the molecule is COC(=O)C=CC1c2ccccc2CN1C(=O)O. The zero-order chi connectivity index (χ0) is 13.1. The van der Waals surface area contributed by atoms with Gasteiger partial charge in [0.2, 0.25) is 0 Å². The van der Waals surface area contributed by atoms with Crippen LogP contribution in [0, 0.1) is 0 Å². The minimum Gasteiger partial charge on any atom is -0.466 e. The van der Waals surface area contributed by atoms with Gasteiger partial charge in [-0.3, -0.25) is 4.90 Å². The van der Waals surface area contributed by atoms with Crippen molar-refractivity contribution in [2.75, 3.05) is 7.11 Å². The fourth-order valence-electron chi connectivity index (χ4n) is 2.05. The fraction of sp³-hybridized carbons (Fsp3) is 0.231. The molecule has 0 aliphatic carbocycles. The molecule has 1 atom stereocenters. The fourth-order valence-corrected chi connectivity index (χ4v) is 2.05. The van der Waals surface area contributed by atoms with Gasteiger partial charge in [0.1, 0.15) is 0 Å². The summed E-state index contributed by atoms with van der Waals surface area (Å²) in [5.74, 6) is -0.496. The van der Waals surface area contributed by atoms with E-state index in [4.69, 9.17) is 5.11 Å². The summed E-state index contributed by atoms with van der Waals surface area (Å²) >= 11 is 0. The molecule has 0 radical (unpaired) electrons. The van der Waals surface area contributed by atoms with E-state index in [2.05, 4.69) is 4.74 Å². The molecule has 1 aromatic carbocycles. The van der Waals surface area contributed by atoms with Gasteiger partial charge in [-0.15, -0.1) is 0 Å². The van der Waals surface area contributed by atoms with Crippen molar-refractivity contribution >= 4 is 12.1 Å². The van der Waals surface area contributed by atoms with Gasteiger partial charge < -0.3 is 9.84 Å². The van der Waals surface area contributed by atoms with E-state index in [1.54, 1.807) is 6.08 Å². The van der Waals surface area contributed by atoms with E-state index < -0.39 is 18.1 Å². The Morgan fingerprint density at radius 2 is 2.17 bits per heavy atom. The van der Waals surface area contributed by atoms with Crippen molar-refractivity contribution in [1.82, 2.24) is 4.90 Å². The van der Waals surface area contributed by atoms with E-state index in [-0.39, 0.29) is 0 Å². The topological polar surface area (TPSA) is 66.8 Å². The summed E-state index contributed by atoms with van der Waals surface area (Å²) < 4.78 is 4.50. The van der Waals surface area contributed by atoms with Crippen molar-refractivity contribution < 1.29 is 19.4 Å². The molecule has 94 valence electrons. The lowest BCUT2D eigenvalue weighted by Crippen LogP contribution is -2.26. The van der Waals surface area contributed by atoms with Crippen LogP contribution in [0.2, 0.25) is 0 Å². The second-order valence-corrected chi connectivity index (χ2v) is 3.94. The number of carbonyl (C=O) groups is 2. The summed E-state index contributed by atoms with van der Waals surface area (Å²) in [7, 11) is 1.28. The number of fused-ring (bicyclic) bond motifs is 1. The van der Waals surface area contributed by atoms with Gasteiger partial charge in [0.25, 0.3) is 0 Å². The number of ether oxygens (including phenoxy) is 1. The van der Waals surface area contributed by atoms with Gasteiger partial charge >= 0.3 is 12.1 Å². The first-order valence-corrected chi connectivity index (χ1v) is 5.47. The predicted octanol–water partition coefficient (Wildman–Crippen LogP) is 1.95. The molecule has 1 aliphatic rings. The molecule has 1 aromatic rings. The molecule has 1 amide bonds. The summed E-state index contributed by atoms with van der Waals surface area (Å²) in [6.07, 6.45) is 1.79. The Labute approximate surface area is 104 Å². The number of hydrogen-bond acceptors (Lipinski definition) is 3. The highest BCUT2D eigenvalue weighted by Crippen LogP contribution is 2.34. The van der Waals surface area contributed by atoms with Gasteiger partial charge in [-0.1, -0.05) is 30.3 Å². The number of carboxylic acid groups (broad SMARTS) is 1. The molecule has 0 fully saturated rings. The number of benzene rings is 1. The third-order valence-corrected chi connectivity index (χ3v) is 2.91. The number of nitrogens with zero attached hydrogens (tertiary/aromatic N) is 1. The average Bonchev–Trinajstić information content (AvgIpc) is 2.75. The van der Waals surface area contributed by atoms with Crippen LogP contribution < -0.4 is 0 Å². The highest BCUT2D eigenvalue weighted by atomic mass is 16.5. The first-order valence-electron chi connectivity index (χ1n) is 5.47. The molecule has 0 saturated carbocycles. The van der Waals surface area contributed by atoms with E-state index in [9.17, 15) is 9.59 Å². The molecule has 1 heterocycles. The van der Waals surface area contributed by atoms with Crippen molar-refractivity contribution in [3.8, 4) is 0 Å². The van der Waals surface area contributed by atoms with Crippen LogP contribution >= 0.6 is 0 Å². The molecule has 18 heavy (non-hydrogen) atoms. The Hall–Kier alpha value is -2.30. The highest BCUT2D eigenvalue weighted by molar-refractivity contribution is 5.82. The Morgan fingerprint density at radius 1 is 1.44 bits per heavy atom. The third-order valence-electron chi connectivity index (χ3n) is 2.91. The summed E-state index contributed by atoms with van der Waals surface area (Å²) in [5, 5.41) is 9.15. The van der Waals surface area contributed by atoms with Gasteiger partial charge in [-0.05, 0) is 11.1 Å². The number of rotatable bonds is 2. The van der Waals surface area contributed by atoms with Crippen molar-refractivity contribution in [2.24, 2.45) is 0 Å². The summed E-state index contributed by atoms with van der Waals surface area (Å²) in [5.41, 5.74) is 1.86.